The van der Waals surface area contributed by atoms with Crippen LogP contribution in [0.25, 0.3) is 0 Å². The molecule has 5 heteroatoms. The van der Waals surface area contributed by atoms with Gasteiger partial charge in [0.2, 0.25) is 0 Å². The number of amides is 1. The van der Waals surface area contributed by atoms with Crippen molar-refractivity contribution in [1.29, 1.82) is 0 Å². The predicted molar refractivity (Wildman–Crippen MR) is 69.6 cm³/mol. The Labute approximate surface area is 110 Å². The topological polar surface area (TPSA) is 46.3 Å². The van der Waals surface area contributed by atoms with Crippen molar-refractivity contribution in [2.45, 2.75) is 25.4 Å². The number of nitrogens with zero attached hydrogens (tertiary/aromatic N) is 1. The van der Waals surface area contributed by atoms with Crippen molar-refractivity contribution >= 4 is 29.1 Å². The average Bonchev–Trinajstić information content (AvgIpc) is 2.63. The number of hydrogen-bond acceptors (Lipinski definition) is 2. The first-order valence-corrected chi connectivity index (χ1v) is 6.28. The summed E-state index contributed by atoms with van der Waals surface area (Å²) in [5.41, 5.74) is 6.34. The van der Waals surface area contributed by atoms with E-state index in [1.165, 1.54) is 0 Å². The second-order valence-corrected chi connectivity index (χ2v) is 5.08. The van der Waals surface area contributed by atoms with Gasteiger partial charge < -0.3 is 10.6 Å². The molecule has 2 unspecified atom stereocenters. The van der Waals surface area contributed by atoms with Crippen LogP contribution < -0.4 is 5.73 Å². The summed E-state index contributed by atoms with van der Waals surface area (Å²) < 4.78 is 0. The highest BCUT2D eigenvalue weighted by atomic mass is 35.5. The summed E-state index contributed by atoms with van der Waals surface area (Å²) >= 11 is 11.9. The molecule has 2 atom stereocenters. The molecule has 0 bridgehead atoms. The number of rotatable bonds is 1. The zero-order valence-corrected chi connectivity index (χ0v) is 11.0. The molecule has 2 rings (SSSR count). The maximum absolute atomic E-state index is 12.3. The lowest BCUT2D eigenvalue weighted by Gasteiger charge is -2.23. The maximum Gasteiger partial charge on any atom is 0.255 e. The SMILES string of the molecule is CC1C(N)CCN1C(=O)c1cccc(Cl)c1Cl. The Morgan fingerprint density at radius 1 is 1.47 bits per heavy atom. The monoisotopic (exact) mass is 272 g/mol. The molecule has 1 aromatic rings. The van der Waals surface area contributed by atoms with Gasteiger partial charge in [-0.1, -0.05) is 29.3 Å². The molecule has 1 aliphatic rings. The number of halogens is 2. The number of carbonyl (C=O) groups excluding carboxylic acids is 1. The highest BCUT2D eigenvalue weighted by molar-refractivity contribution is 6.43. The van der Waals surface area contributed by atoms with Crippen molar-refractivity contribution in [1.82, 2.24) is 4.90 Å². The minimum atomic E-state index is -0.0991. The van der Waals surface area contributed by atoms with Gasteiger partial charge in [0.25, 0.3) is 5.91 Å². The van der Waals surface area contributed by atoms with E-state index in [-0.39, 0.29) is 18.0 Å². The van der Waals surface area contributed by atoms with Crippen LogP contribution in [0.15, 0.2) is 18.2 Å². The minimum absolute atomic E-state index is 0.0388. The summed E-state index contributed by atoms with van der Waals surface area (Å²) in [5.74, 6) is -0.0991. The number of benzene rings is 1. The third-order valence-corrected chi connectivity index (χ3v) is 4.08. The highest BCUT2D eigenvalue weighted by Gasteiger charge is 2.32. The summed E-state index contributed by atoms with van der Waals surface area (Å²) in [5, 5.41) is 0.709. The Morgan fingerprint density at radius 3 is 2.76 bits per heavy atom. The molecular formula is C12H14Cl2N2O. The van der Waals surface area contributed by atoms with E-state index < -0.39 is 0 Å². The van der Waals surface area contributed by atoms with E-state index in [2.05, 4.69) is 0 Å². The molecule has 0 aliphatic carbocycles. The molecule has 0 radical (unpaired) electrons. The van der Waals surface area contributed by atoms with Crippen molar-refractivity contribution in [2.24, 2.45) is 5.73 Å². The van der Waals surface area contributed by atoms with Crippen LogP contribution in [0.2, 0.25) is 10.0 Å². The second-order valence-electron chi connectivity index (χ2n) is 4.29. The van der Waals surface area contributed by atoms with Gasteiger partial charge in [-0.2, -0.15) is 0 Å². The molecule has 92 valence electrons. The van der Waals surface area contributed by atoms with Crippen LogP contribution in [-0.2, 0) is 0 Å². The summed E-state index contributed by atoms with van der Waals surface area (Å²) in [6.07, 6.45) is 0.824. The summed E-state index contributed by atoms with van der Waals surface area (Å²) in [4.78, 5) is 14.1. The third kappa shape index (κ3) is 2.28. The van der Waals surface area contributed by atoms with Crippen LogP contribution in [0.3, 0.4) is 0 Å². The minimum Gasteiger partial charge on any atom is -0.334 e. The summed E-state index contributed by atoms with van der Waals surface area (Å²) in [6, 6.07) is 5.16. The van der Waals surface area contributed by atoms with E-state index >= 15 is 0 Å². The van der Waals surface area contributed by atoms with Crippen LogP contribution in [0, 0.1) is 0 Å². The zero-order chi connectivity index (χ0) is 12.6. The van der Waals surface area contributed by atoms with Gasteiger partial charge in [-0.05, 0) is 25.5 Å². The van der Waals surface area contributed by atoms with Crippen LogP contribution in [0.4, 0.5) is 0 Å². The van der Waals surface area contributed by atoms with Gasteiger partial charge in [0, 0.05) is 18.6 Å². The quantitative estimate of drug-likeness (QED) is 0.854. The standard InChI is InChI=1S/C12H14Cl2N2O/c1-7-10(15)5-6-16(7)12(17)8-3-2-4-9(13)11(8)14/h2-4,7,10H,5-6,15H2,1H3. The Morgan fingerprint density at radius 2 is 2.18 bits per heavy atom. The van der Waals surface area contributed by atoms with Crippen LogP contribution in [-0.4, -0.2) is 29.4 Å². The molecule has 1 fully saturated rings. The lowest BCUT2D eigenvalue weighted by molar-refractivity contribution is 0.0743. The smallest absolute Gasteiger partial charge is 0.255 e. The van der Waals surface area contributed by atoms with Crippen molar-refractivity contribution in [3.63, 3.8) is 0 Å². The lowest BCUT2D eigenvalue weighted by Crippen LogP contribution is -2.40. The zero-order valence-electron chi connectivity index (χ0n) is 9.49. The fraction of sp³-hybridized carbons (Fsp3) is 0.417. The predicted octanol–water partition coefficient (Wildman–Crippen LogP) is 2.56. The molecule has 0 spiro atoms. The van der Waals surface area contributed by atoms with E-state index in [0.29, 0.717) is 22.2 Å². The maximum atomic E-state index is 12.3. The Balaban J connectivity index is 2.29. The van der Waals surface area contributed by atoms with E-state index in [1.807, 2.05) is 6.92 Å². The van der Waals surface area contributed by atoms with Crippen LogP contribution in [0.1, 0.15) is 23.7 Å². The van der Waals surface area contributed by atoms with Gasteiger partial charge in [-0.3, -0.25) is 4.79 Å². The molecule has 2 N–H and O–H groups in total. The number of carbonyl (C=O) groups is 1. The van der Waals surface area contributed by atoms with Gasteiger partial charge in [0.15, 0.2) is 0 Å². The highest BCUT2D eigenvalue weighted by Crippen LogP contribution is 2.28. The van der Waals surface area contributed by atoms with Gasteiger partial charge in [-0.25, -0.2) is 0 Å². The van der Waals surface area contributed by atoms with Gasteiger partial charge in [-0.15, -0.1) is 0 Å². The Bertz CT molecular complexity index is 450. The second kappa shape index (κ2) is 4.84. The molecular weight excluding hydrogens is 259 g/mol. The van der Waals surface area contributed by atoms with Gasteiger partial charge in [0.1, 0.15) is 0 Å². The first-order chi connectivity index (χ1) is 8.02. The number of hydrogen-bond donors (Lipinski definition) is 1. The molecule has 0 aromatic heterocycles. The molecule has 0 saturated carbocycles. The first kappa shape index (κ1) is 12.7. The molecule has 1 aliphatic heterocycles. The van der Waals surface area contributed by atoms with Crippen LogP contribution >= 0.6 is 23.2 Å². The van der Waals surface area contributed by atoms with E-state index in [0.717, 1.165) is 6.42 Å². The normalized spacial score (nSPS) is 24.1. The Kier molecular flexibility index (Phi) is 3.61. The molecule has 1 amide bonds. The van der Waals surface area contributed by atoms with E-state index in [4.69, 9.17) is 28.9 Å². The van der Waals surface area contributed by atoms with Crippen molar-refractivity contribution < 1.29 is 4.79 Å². The molecule has 1 aromatic carbocycles. The number of likely N-dealkylation sites (tertiary alicyclic amines) is 1. The van der Waals surface area contributed by atoms with Gasteiger partial charge in [0.05, 0.1) is 15.6 Å². The Hall–Kier alpha value is -0.770. The van der Waals surface area contributed by atoms with Crippen molar-refractivity contribution in [3.05, 3.63) is 33.8 Å². The molecule has 1 saturated heterocycles. The largest absolute Gasteiger partial charge is 0.334 e. The molecule has 3 nitrogen and oxygen atoms in total. The summed E-state index contributed by atoms with van der Waals surface area (Å²) in [7, 11) is 0. The van der Waals surface area contributed by atoms with E-state index in [9.17, 15) is 4.79 Å². The van der Waals surface area contributed by atoms with Crippen molar-refractivity contribution in [2.75, 3.05) is 6.54 Å². The average molecular weight is 273 g/mol. The fourth-order valence-electron chi connectivity index (χ4n) is 2.07. The van der Waals surface area contributed by atoms with Gasteiger partial charge >= 0.3 is 0 Å². The third-order valence-electron chi connectivity index (χ3n) is 3.26. The van der Waals surface area contributed by atoms with Crippen LogP contribution in [0.5, 0.6) is 0 Å². The van der Waals surface area contributed by atoms with E-state index in [1.54, 1.807) is 23.1 Å². The number of nitrogens with two attached hydrogens (primary N) is 1. The fourth-order valence-corrected chi connectivity index (χ4v) is 2.46. The lowest BCUT2D eigenvalue weighted by atomic mass is 10.1. The van der Waals surface area contributed by atoms with Crippen molar-refractivity contribution in [3.8, 4) is 0 Å². The molecule has 17 heavy (non-hydrogen) atoms. The first-order valence-electron chi connectivity index (χ1n) is 5.53. The summed E-state index contributed by atoms with van der Waals surface area (Å²) in [6.45, 7) is 2.62. The molecule has 1 heterocycles.